The molecular formula is C22H27NO3. The molecule has 0 N–H and O–H groups in total. The molecule has 4 heteroatoms. The molecular weight excluding hydrogens is 326 g/mol. The van der Waals surface area contributed by atoms with Gasteiger partial charge in [0.05, 0.1) is 0 Å². The number of cyclic esters (lactones) is 1. The Balaban J connectivity index is 1.45. The SMILES string of the molecule is C[C@]12COC(=O)OC1CC[C@@H]1C2CC[C@]2(C)C(c3cccnc3)=CC[C@@H]12. The minimum Gasteiger partial charge on any atom is -0.434 e. The third-order valence-electron chi connectivity index (χ3n) is 8.07. The van der Waals surface area contributed by atoms with Crippen molar-refractivity contribution in [3.8, 4) is 0 Å². The van der Waals surface area contributed by atoms with Crippen LogP contribution in [0.1, 0.15) is 51.5 Å². The van der Waals surface area contributed by atoms with Crippen molar-refractivity contribution >= 4 is 11.7 Å². The van der Waals surface area contributed by atoms with Crippen LogP contribution in [0.3, 0.4) is 0 Å². The molecule has 3 aliphatic carbocycles. The van der Waals surface area contributed by atoms with Crippen molar-refractivity contribution < 1.29 is 14.3 Å². The van der Waals surface area contributed by atoms with Crippen LogP contribution < -0.4 is 0 Å². The van der Waals surface area contributed by atoms with Gasteiger partial charge in [0.1, 0.15) is 12.7 Å². The van der Waals surface area contributed by atoms with Crippen LogP contribution in [0.4, 0.5) is 4.79 Å². The zero-order valence-corrected chi connectivity index (χ0v) is 15.6. The number of pyridine rings is 1. The summed E-state index contributed by atoms with van der Waals surface area (Å²) < 4.78 is 10.9. The minimum atomic E-state index is -0.479. The number of allylic oxidation sites excluding steroid dienone is 2. The van der Waals surface area contributed by atoms with Crippen molar-refractivity contribution in [2.75, 3.05) is 6.61 Å². The van der Waals surface area contributed by atoms with Crippen molar-refractivity contribution in [1.29, 1.82) is 0 Å². The van der Waals surface area contributed by atoms with E-state index in [4.69, 9.17) is 9.47 Å². The number of hydrogen-bond donors (Lipinski definition) is 0. The van der Waals surface area contributed by atoms with Crippen LogP contribution in [0.15, 0.2) is 30.6 Å². The summed E-state index contributed by atoms with van der Waals surface area (Å²) in [6.45, 7) is 5.27. The summed E-state index contributed by atoms with van der Waals surface area (Å²) in [5.41, 5.74) is 2.98. The molecule has 1 aromatic rings. The largest absolute Gasteiger partial charge is 0.508 e. The smallest absolute Gasteiger partial charge is 0.434 e. The van der Waals surface area contributed by atoms with E-state index in [0.717, 1.165) is 19.3 Å². The number of hydrogen-bond acceptors (Lipinski definition) is 4. The molecule has 4 aliphatic rings. The van der Waals surface area contributed by atoms with Crippen molar-refractivity contribution in [3.05, 3.63) is 36.2 Å². The van der Waals surface area contributed by atoms with Gasteiger partial charge in [0.15, 0.2) is 0 Å². The second-order valence-electron chi connectivity index (χ2n) is 9.16. The molecule has 138 valence electrons. The van der Waals surface area contributed by atoms with E-state index in [1.807, 2.05) is 18.5 Å². The van der Waals surface area contributed by atoms with Crippen LogP contribution in [0.2, 0.25) is 0 Å². The first kappa shape index (κ1) is 16.3. The van der Waals surface area contributed by atoms with Crippen LogP contribution in [-0.2, 0) is 9.47 Å². The van der Waals surface area contributed by atoms with Gasteiger partial charge in [-0.05, 0) is 72.5 Å². The number of carbonyl (C=O) groups excluding carboxylic acids is 1. The number of carbonyl (C=O) groups is 1. The fourth-order valence-electron chi connectivity index (χ4n) is 6.72. The van der Waals surface area contributed by atoms with Crippen LogP contribution >= 0.6 is 0 Å². The molecule has 2 heterocycles. The van der Waals surface area contributed by atoms with Gasteiger partial charge in [-0.2, -0.15) is 0 Å². The first-order valence-corrected chi connectivity index (χ1v) is 9.97. The zero-order chi connectivity index (χ0) is 17.9. The van der Waals surface area contributed by atoms with Crippen LogP contribution in [0.5, 0.6) is 0 Å². The zero-order valence-electron chi connectivity index (χ0n) is 15.6. The number of ether oxygens (including phenoxy) is 2. The monoisotopic (exact) mass is 353 g/mol. The Hall–Kier alpha value is -1.84. The summed E-state index contributed by atoms with van der Waals surface area (Å²) in [7, 11) is 0. The summed E-state index contributed by atoms with van der Waals surface area (Å²) in [4.78, 5) is 15.9. The van der Waals surface area contributed by atoms with Gasteiger partial charge in [-0.3, -0.25) is 4.98 Å². The average molecular weight is 353 g/mol. The Labute approximate surface area is 155 Å². The Morgan fingerprint density at radius 3 is 2.88 bits per heavy atom. The van der Waals surface area contributed by atoms with Gasteiger partial charge < -0.3 is 9.47 Å². The van der Waals surface area contributed by atoms with Gasteiger partial charge in [0.25, 0.3) is 0 Å². The molecule has 1 saturated heterocycles. The highest BCUT2D eigenvalue weighted by molar-refractivity contribution is 5.72. The van der Waals surface area contributed by atoms with E-state index < -0.39 is 6.16 Å². The standard InChI is InChI=1S/C22H27NO3/c1-21-10-9-18-15(5-8-19-22(18,2)13-25-20(24)26-19)17(21)7-6-16(21)14-4-3-11-23-12-14/h3-4,6,11-12,15,17-19H,5,7-10,13H2,1-2H3/t15-,17-,18?,19?,21+,22+/m0/s1. The first-order chi connectivity index (χ1) is 12.5. The third kappa shape index (κ3) is 2.14. The normalized spacial score (nSPS) is 44.1. The third-order valence-corrected chi connectivity index (χ3v) is 8.07. The summed E-state index contributed by atoms with van der Waals surface area (Å²) in [5, 5.41) is 0. The maximum Gasteiger partial charge on any atom is 0.508 e. The van der Waals surface area contributed by atoms with Crippen molar-refractivity contribution in [2.24, 2.45) is 28.6 Å². The fourth-order valence-corrected chi connectivity index (χ4v) is 6.72. The van der Waals surface area contributed by atoms with Crippen molar-refractivity contribution in [1.82, 2.24) is 4.98 Å². The molecule has 0 radical (unpaired) electrons. The molecule has 0 aromatic carbocycles. The lowest BCUT2D eigenvalue weighted by Gasteiger charge is -2.58. The van der Waals surface area contributed by atoms with Crippen molar-refractivity contribution in [3.63, 3.8) is 0 Å². The highest BCUT2D eigenvalue weighted by Crippen LogP contribution is 2.65. The predicted molar refractivity (Wildman–Crippen MR) is 98.2 cm³/mol. The number of fused-ring (bicyclic) bond motifs is 5. The molecule has 4 nitrogen and oxygen atoms in total. The number of aromatic nitrogens is 1. The Morgan fingerprint density at radius 1 is 1.19 bits per heavy atom. The van der Waals surface area contributed by atoms with Crippen LogP contribution in [0.25, 0.3) is 5.57 Å². The second kappa shape index (κ2) is 5.58. The molecule has 6 atom stereocenters. The quantitative estimate of drug-likeness (QED) is 0.677. The maximum absolute atomic E-state index is 11.6. The number of rotatable bonds is 1. The molecule has 26 heavy (non-hydrogen) atoms. The highest BCUT2D eigenvalue weighted by Gasteiger charge is 2.60. The maximum atomic E-state index is 11.6. The number of nitrogens with zero attached hydrogens (tertiary/aromatic N) is 1. The molecule has 1 aromatic heterocycles. The van der Waals surface area contributed by atoms with Gasteiger partial charge in [-0.25, -0.2) is 4.79 Å². The van der Waals surface area contributed by atoms with Gasteiger partial charge in [0.2, 0.25) is 0 Å². The summed E-state index contributed by atoms with van der Waals surface area (Å²) in [6.07, 6.45) is 11.5. The second-order valence-corrected chi connectivity index (χ2v) is 9.16. The topological polar surface area (TPSA) is 48.4 Å². The predicted octanol–water partition coefficient (Wildman–Crippen LogP) is 4.85. The Bertz CT molecular complexity index is 760. The average Bonchev–Trinajstić information content (AvgIpc) is 3.00. The Kier molecular flexibility index (Phi) is 3.51. The van der Waals surface area contributed by atoms with E-state index in [1.165, 1.54) is 24.0 Å². The minimum absolute atomic E-state index is 0.0292. The molecule has 2 unspecified atom stereocenters. The Morgan fingerprint density at radius 2 is 2.08 bits per heavy atom. The summed E-state index contributed by atoms with van der Waals surface area (Å²) >= 11 is 0. The molecule has 1 aliphatic heterocycles. The van der Waals surface area contributed by atoms with Gasteiger partial charge in [0, 0.05) is 17.8 Å². The van der Waals surface area contributed by atoms with Crippen LogP contribution in [0, 0.1) is 28.6 Å². The molecule has 5 rings (SSSR count). The van der Waals surface area contributed by atoms with E-state index in [1.54, 1.807) is 0 Å². The van der Waals surface area contributed by atoms with E-state index in [9.17, 15) is 4.79 Å². The molecule has 0 spiro atoms. The van der Waals surface area contributed by atoms with E-state index in [-0.39, 0.29) is 16.9 Å². The lowest BCUT2D eigenvalue weighted by atomic mass is 9.48. The highest BCUT2D eigenvalue weighted by atomic mass is 16.7. The fraction of sp³-hybridized carbons (Fsp3) is 0.636. The van der Waals surface area contributed by atoms with Gasteiger partial charge in [-0.15, -0.1) is 0 Å². The molecule has 0 bridgehead atoms. The van der Waals surface area contributed by atoms with Crippen molar-refractivity contribution in [2.45, 2.75) is 52.1 Å². The molecule has 3 fully saturated rings. The summed E-state index contributed by atoms with van der Waals surface area (Å²) in [5.74, 6) is 1.93. The lowest BCUT2D eigenvalue weighted by Crippen LogP contribution is -2.58. The van der Waals surface area contributed by atoms with E-state index >= 15 is 0 Å². The molecule has 2 saturated carbocycles. The molecule has 0 amide bonds. The first-order valence-electron chi connectivity index (χ1n) is 9.97. The summed E-state index contributed by atoms with van der Waals surface area (Å²) in [6, 6.07) is 4.24. The van der Waals surface area contributed by atoms with Gasteiger partial charge in [-0.1, -0.05) is 26.0 Å². The van der Waals surface area contributed by atoms with E-state index in [2.05, 4.69) is 31.0 Å². The lowest BCUT2D eigenvalue weighted by molar-refractivity contribution is -0.179. The van der Waals surface area contributed by atoms with Gasteiger partial charge >= 0.3 is 6.16 Å². The van der Waals surface area contributed by atoms with E-state index in [0.29, 0.717) is 24.4 Å². The van der Waals surface area contributed by atoms with Crippen LogP contribution in [-0.4, -0.2) is 23.9 Å².